The van der Waals surface area contributed by atoms with Gasteiger partial charge in [-0.25, -0.2) is 0 Å². The van der Waals surface area contributed by atoms with Gasteiger partial charge in [0.2, 0.25) is 5.91 Å². The number of aliphatic hydroxyl groups is 1. The van der Waals surface area contributed by atoms with Gasteiger partial charge in [-0.2, -0.15) is 13.2 Å². The number of carbonyl (C=O) groups excluding carboxylic acids is 1. The summed E-state index contributed by atoms with van der Waals surface area (Å²) in [6.07, 6.45) is 2.82. The second-order valence-electron chi connectivity index (χ2n) is 8.69. The summed E-state index contributed by atoms with van der Waals surface area (Å²) < 4.78 is 40.3. The summed E-state index contributed by atoms with van der Waals surface area (Å²) in [5, 5.41) is 12.9. The lowest BCUT2D eigenvalue weighted by Crippen LogP contribution is -2.56. The maximum Gasteiger partial charge on any atom is 0.412 e. The first kappa shape index (κ1) is 17.8. The Balaban J connectivity index is 1.49. The van der Waals surface area contributed by atoms with Crippen LogP contribution in [0.5, 0.6) is 0 Å². The third-order valence-electron chi connectivity index (χ3n) is 6.34. The molecular weight excluding hydrogens is 345 g/mol. The van der Waals surface area contributed by atoms with Gasteiger partial charge in [-0.1, -0.05) is 6.07 Å². The molecule has 26 heavy (non-hydrogen) atoms. The summed E-state index contributed by atoms with van der Waals surface area (Å²) >= 11 is 0. The van der Waals surface area contributed by atoms with Gasteiger partial charge in [0.15, 0.2) is 6.04 Å². The first-order valence-corrected chi connectivity index (χ1v) is 9.15. The lowest BCUT2D eigenvalue weighted by atomic mass is 9.47. The number of nitrogens with one attached hydrogen (secondary N) is 1. The molecule has 142 valence electrons. The van der Waals surface area contributed by atoms with Gasteiger partial charge < -0.3 is 10.4 Å². The maximum atomic E-state index is 13.4. The van der Waals surface area contributed by atoms with Gasteiger partial charge in [0.05, 0.1) is 5.60 Å². The minimum absolute atomic E-state index is 0.0507. The van der Waals surface area contributed by atoms with Gasteiger partial charge in [0, 0.05) is 24.4 Å². The van der Waals surface area contributed by atoms with Crippen LogP contribution in [0, 0.1) is 17.3 Å². The zero-order chi connectivity index (χ0) is 18.6. The Morgan fingerprint density at radius 1 is 1.31 bits per heavy atom. The normalized spacial score (nSPS) is 36.8. The van der Waals surface area contributed by atoms with E-state index in [1.807, 2.05) is 0 Å². The van der Waals surface area contributed by atoms with Crippen molar-refractivity contribution >= 4 is 5.91 Å². The SMILES string of the molecule is O=C(CC12C[C@@H]3C[C@@H](CC(O)(C3)C1)C2)N[C@@H](c1cccnc1)C(F)(F)F. The molecule has 4 aliphatic rings. The summed E-state index contributed by atoms with van der Waals surface area (Å²) in [5.74, 6) is 0.193. The molecule has 1 amide bonds. The van der Waals surface area contributed by atoms with Gasteiger partial charge in [-0.15, -0.1) is 0 Å². The Morgan fingerprint density at radius 3 is 2.54 bits per heavy atom. The molecule has 4 bridgehead atoms. The van der Waals surface area contributed by atoms with Crippen molar-refractivity contribution in [2.75, 3.05) is 0 Å². The smallest absolute Gasteiger partial charge is 0.390 e. The molecular formula is C19H23F3N2O2. The van der Waals surface area contributed by atoms with E-state index in [-0.39, 0.29) is 17.4 Å². The van der Waals surface area contributed by atoms with E-state index in [2.05, 4.69) is 10.3 Å². The fraction of sp³-hybridized carbons (Fsp3) is 0.684. The Hall–Kier alpha value is -1.63. The summed E-state index contributed by atoms with van der Waals surface area (Å²) in [6.45, 7) is 0. The van der Waals surface area contributed by atoms with E-state index >= 15 is 0 Å². The van der Waals surface area contributed by atoms with E-state index in [0.717, 1.165) is 38.3 Å². The predicted molar refractivity (Wildman–Crippen MR) is 87.9 cm³/mol. The van der Waals surface area contributed by atoms with E-state index in [1.54, 1.807) is 0 Å². The monoisotopic (exact) mass is 368 g/mol. The van der Waals surface area contributed by atoms with Gasteiger partial charge in [0.1, 0.15) is 0 Å². The lowest BCUT2D eigenvalue weighted by Gasteiger charge is -2.60. The Labute approximate surface area is 150 Å². The first-order chi connectivity index (χ1) is 12.2. The second kappa shape index (κ2) is 5.94. The quantitative estimate of drug-likeness (QED) is 0.855. The van der Waals surface area contributed by atoms with Gasteiger partial charge in [-0.3, -0.25) is 9.78 Å². The average molecular weight is 368 g/mol. The van der Waals surface area contributed by atoms with Gasteiger partial charge >= 0.3 is 6.18 Å². The fourth-order valence-corrected chi connectivity index (χ4v) is 6.06. The van der Waals surface area contributed by atoms with Crippen LogP contribution in [0.2, 0.25) is 0 Å². The molecule has 4 saturated carbocycles. The molecule has 4 fully saturated rings. The molecule has 4 aliphatic carbocycles. The number of hydrogen-bond acceptors (Lipinski definition) is 3. The third kappa shape index (κ3) is 3.33. The summed E-state index contributed by atoms with van der Waals surface area (Å²) in [6, 6.07) is 0.689. The highest BCUT2D eigenvalue weighted by Crippen LogP contribution is 2.62. The van der Waals surface area contributed by atoms with Crippen molar-refractivity contribution in [3.05, 3.63) is 30.1 Å². The van der Waals surface area contributed by atoms with E-state index in [0.29, 0.717) is 18.3 Å². The van der Waals surface area contributed by atoms with Crippen LogP contribution >= 0.6 is 0 Å². The molecule has 0 saturated heterocycles. The number of pyridine rings is 1. The standard InChI is InChI=1S/C19H23F3N2O2/c20-19(21,22)16(14-2-1-3-23-10-14)24-15(25)9-17-5-12-4-13(6-17)8-18(26,7-12)11-17/h1-3,10,12-13,16,26H,4-9,11H2,(H,24,25)/t12-,13+,16-,17?,18?/m0/s1. The highest BCUT2D eigenvalue weighted by atomic mass is 19.4. The van der Waals surface area contributed by atoms with Crippen LogP contribution in [-0.2, 0) is 4.79 Å². The predicted octanol–water partition coefficient (Wildman–Crippen LogP) is 3.52. The molecule has 1 aromatic heterocycles. The largest absolute Gasteiger partial charge is 0.412 e. The van der Waals surface area contributed by atoms with E-state index in [1.165, 1.54) is 18.3 Å². The molecule has 2 N–H and O–H groups in total. The number of rotatable bonds is 4. The Kier molecular flexibility index (Phi) is 4.06. The van der Waals surface area contributed by atoms with Crippen molar-refractivity contribution in [1.82, 2.24) is 10.3 Å². The van der Waals surface area contributed by atoms with Gasteiger partial charge in [0.25, 0.3) is 0 Å². The van der Waals surface area contributed by atoms with E-state index in [9.17, 15) is 23.1 Å². The van der Waals surface area contributed by atoms with Crippen molar-refractivity contribution in [2.24, 2.45) is 17.3 Å². The molecule has 0 aliphatic heterocycles. The van der Waals surface area contributed by atoms with Crippen molar-refractivity contribution in [1.29, 1.82) is 0 Å². The van der Waals surface area contributed by atoms with Crippen LogP contribution in [0.1, 0.15) is 56.6 Å². The Bertz CT molecular complexity index is 678. The zero-order valence-electron chi connectivity index (χ0n) is 14.4. The molecule has 1 heterocycles. The number of halogens is 3. The number of amides is 1. The molecule has 0 radical (unpaired) electrons. The van der Waals surface area contributed by atoms with Crippen LogP contribution in [0.15, 0.2) is 24.5 Å². The number of hydrogen-bond donors (Lipinski definition) is 2. The van der Waals surface area contributed by atoms with Crippen molar-refractivity contribution in [3.63, 3.8) is 0 Å². The van der Waals surface area contributed by atoms with Crippen LogP contribution < -0.4 is 5.32 Å². The molecule has 5 atom stereocenters. The summed E-state index contributed by atoms with van der Waals surface area (Å²) in [7, 11) is 0. The first-order valence-electron chi connectivity index (χ1n) is 9.15. The third-order valence-corrected chi connectivity index (χ3v) is 6.34. The van der Waals surface area contributed by atoms with Crippen molar-refractivity contribution in [2.45, 2.75) is 62.8 Å². The number of aromatic nitrogens is 1. The van der Waals surface area contributed by atoms with Gasteiger partial charge in [-0.05, 0) is 61.8 Å². The molecule has 7 heteroatoms. The maximum absolute atomic E-state index is 13.4. The number of nitrogens with zero attached hydrogens (tertiary/aromatic N) is 1. The number of alkyl halides is 3. The van der Waals surface area contributed by atoms with Crippen LogP contribution in [0.4, 0.5) is 13.2 Å². The highest BCUT2D eigenvalue weighted by molar-refractivity contribution is 5.77. The summed E-state index contributed by atoms with van der Waals surface area (Å²) in [4.78, 5) is 16.3. The van der Waals surface area contributed by atoms with E-state index < -0.39 is 23.7 Å². The minimum atomic E-state index is -4.58. The van der Waals surface area contributed by atoms with Crippen molar-refractivity contribution < 1.29 is 23.1 Å². The molecule has 5 rings (SSSR count). The fourth-order valence-electron chi connectivity index (χ4n) is 6.06. The molecule has 2 unspecified atom stereocenters. The Morgan fingerprint density at radius 2 is 2.00 bits per heavy atom. The summed E-state index contributed by atoms with van der Waals surface area (Å²) in [5.41, 5.74) is -1.15. The second-order valence-corrected chi connectivity index (χ2v) is 8.69. The van der Waals surface area contributed by atoms with E-state index in [4.69, 9.17) is 0 Å². The molecule has 4 nitrogen and oxygen atoms in total. The highest BCUT2D eigenvalue weighted by Gasteiger charge is 2.57. The van der Waals surface area contributed by atoms with Crippen LogP contribution in [-0.4, -0.2) is 27.8 Å². The molecule has 0 aromatic carbocycles. The zero-order valence-corrected chi connectivity index (χ0v) is 14.4. The van der Waals surface area contributed by atoms with Crippen molar-refractivity contribution in [3.8, 4) is 0 Å². The molecule has 0 spiro atoms. The average Bonchev–Trinajstić information content (AvgIpc) is 2.49. The topological polar surface area (TPSA) is 62.2 Å². The van der Waals surface area contributed by atoms with Crippen LogP contribution in [0.3, 0.4) is 0 Å². The molecule has 1 aromatic rings. The number of carbonyl (C=O) groups is 1. The van der Waals surface area contributed by atoms with Crippen LogP contribution in [0.25, 0.3) is 0 Å². The lowest BCUT2D eigenvalue weighted by molar-refractivity contribution is -0.176. The minimum Gasteiger partial charge on any atom is -0.390 e.